The van der Waals surface area contributed by atoms with Crippen molar-refractivity contribution in [1.29, 1.82) is 0 Å². The van der Waals surface area contributed by atoms with Crippen molar-refractivity contribution in [3.05, 3.63) is 70.4 Å². The molecule has 0 bridgehead atoms. The van der Waals surface area contributed by atoms with Crippen LogP contribution in [0.1, 0.15) is 15.2 Å². The largest absolute Gasteiger partial charge is 0.484 e. The molecule has 0 saturated heterocycles. The second-order valence-electron chi connectivity index (χ2n) is 5.84. The van der Waals surface area contributed by atoms with Crippen LogP contribution in [0.5, 0.6) is 5.75 Å². The fourth-order valence-electron chi connectivity index (χ4n) is 2.54. The number of thiophene rings is 1. The van der Waals surface area contributed by atoms with Gasteiger partial charge in [-0.15, -0.1) is 11.3 Å². The Morgan fingerprint density at radius 1 is 1.00 bits per heavy atom. The molecule has 0 atom stereocenters. The molecule has 3 aromatic rings. The van der Waals surface area contributed by atoms with Crippen LogP contribution in [0, 0.1) is 6.92 Å². The second kappa shape index (κ2) is 8.51. The number of benzene rings is 2. The molecule has 5 nitrogen and oxygen atoms in total. The number of carbonyl (C=O) groups excluding carboxylic acids is 2. The predicted molar refractivity (Wildman–Crippen MR) is 106 cm³/mol. The number of ether oxygens (including phenoxy) is 2. The highest BCUT2D eigenvalue weighted by molar-refractivity contribution is 7.12. The summed E-state index contributed by atoms with van der Waals surface area (Å²) in [4.78, 5) is 24.3. The van der Waals surface area contributed by atoms with Crippen LogP contribution in [-0.2, 0) is 9.53 Å². The van der Waals surface area contributed by atoms with Gasteiger partial charge in [-0.25, -0.2) is 4.79 Å². The van der Waals surface area contributed by atoms with Crippen molar-refractivity contribution in [2.24, 2.45) is 0 Å². The average Bonchev–Trinajstić information content (AvgIpc) is 3.07. The molecule has 0 fully saturated rings. The Balaban J connectivity index is 1.60. The zero-order chi connectivity index (χ0) is 19.2. The van der Waals surface area contributed by atoms with Crippen molar-refractivity contribution >= 4 is 28.9 Å². The van der Waals surface area contributed by atoms with Crippen LogP contribution >= 0.6 is 11.3 Å². The minimum absolute atomic E-state index is 0.152. The molecule has 1 amide bonds. The summed E-state index contributed by atoms with van der Waals surface area (Å²) in [5.74, 6) is -0.213. The Morgan fingerprint density at radius 3 is 2.33 bits per heavy atom. The fourth-order valence-corrected chi connectivity index (χ4v) is 3.46. The van der Waals surface area contributed by atoms with Gasteiger partial charge >= 0.3 is 5.97 Å². The molecule has 3 rings (SSSR count). The number of nitrogens with one attached hydrogen (secondary N) is 1. The first-order chi connectivity index (χ1) is 13.1. The summed E-state index contributed by atoms with van der Waals surface area (Å²) in [5.41, 5.74) is 3.47. The summed E-state index contributed by atoms with van der Waals surface area (Å²) in [6.45, 7) is 1.67. The third-order valence-electron chi connectivity index (χ3n) is 3.94. The van der Waals surface area contributed by atoms with E-state index >= 15 is 0 Å². The SMILES string of the molecule is COC(=O)c1scc(C)c1NC(=O)COc1ccc(-c2ccccc2)cc1. The molecule has 1 N–H and O–H groups in total. The summed E-state index contributed by atoms with van der Waals surface area (Å²) in [7, 11) is 1.31. The van der Waals surface area contributed by atoms with E-state index < -0.39 is 5.97 Å². The van der Waals surface area contributed by atoms with Crippen LogP contribution in [0.3, 0.4) is 0 Å². The molecular weight excluding hydrogens is 362 g/mol. The van der Waals surface area contributed by atoms with Crippen molar-refractivity contribution in [1.82, 2.24) is 0 Å². The van der Waals surface area contributed by atoms with Gasteiger partial charge in [-0.3, -0.25) is 4.79 Å². The first kappa shape index (κ1) is 18.7. The van der Waals surface area contributed by atoms with Crippen LogP contribution in [0.15, 0.2) is 60.0 Å². The van der Waals surface area contributed by atoms with Gasteiger partial charge in [0.1, 0.15) is 10.6 Å². The van der Waals surface area contributed by atoms with Crippen molar-refractivity contribution in [2.75, 3.05) is 19.0 Å². The lowest BCUT2D eigenvalue weighted by molar-refractivity contribution is -0.118. The molecule has 1 aromatic heterocycles. The molecule has 2 aromatic carbocycles. The minimum Gasteiger partial charge on any atom is -0.484 e. The highest BCUT2D eigenvalue weighted by Gasteiger charge is 2.18. The highest BCUT2D eigenvalue weighted by Crippen LogP contribution is 2.28. The average molecular weight is 381 g/mol. The maximum absolute atomic E-state index is 12.2. The number of hydrogen-bond donors (Lipinski definition) is 1. The normalized spacial score (nSPS) is 10.3. The van der Waals surface area contributed by atoms with Crippen molar-refractivity contribution < 1.29 is 19.1 Å². The van der Waals surface area contributed by atoms with E-state index in [0.717, 1.165) is 16.7 Å². The lowest BCUT2D eigenvalue weighted by Crippen LogP contribution is -2.21. The Morgan fingerprint density at radius 2 is 1.67 bits per heavy atom. The third kappa shape index (κ3) is 4.54. The molecule has 138 valence electrons. The van der Waals surface area contributed by atoms with Crippen molar-refractivity contribution in [3.8, 4) is 16.9 Å². The fraction of sp³-hybridized carbons (Fsp3) is 0.143. The molecule has 0 unspecified atom stereocenters. The highest BCUT2D eigenvalue weighted by atomic mass is 32.1. The summed E-state index contributed by atoms with van der Waals surface area (Å²) in [6, 6.07) is 17.5. The van der Waals surface area contributed by atoms with Gasteiger partial charge in [0.2, 0.25) is 0 Å². The van der Waals surface area contributed by atoms with Crippen molar-refractivity contribution in [2.45, 2.75) is 6.92 Å². The summed E-state index contributed by atoms with van der Waals surface area (Å²) >= 11 is 1.23. The standard InChI is InChI=1S/C21H19NO4S/c1-14-13-27-20(21(24)25-2)19(14)22-18(23)12-26-17-10-8-16(9-11-17)15-6-4-3-5-7-15/h3-11,13H,12H2,1-2H3,(H,22,23). The van der Waals surface area contributed by atoms with Crippen LogP contribution in [0.2, 0.25) is 0 Å². The van der Waals surface area contributed by atoms with E-state index in [1.165, 1.54) is 18.4 Å². The van der Waals surface area contributed by atoms with E-state index in [9.17, 15) is 9.59 Å². The first-order valence-electron chi connectivity index (χ1n) is 8.33. The second-order valence-corrected chi connectivity index (χ2v) is 6.72. The Hall–Kier alpha value is -3.12. The zero-order valence-electron chi connectivity index (χ0n) is 15.0. The molecule has 6 heteroatoms. The van der Waals surface area contributed by atoms with Gasteiger partial charge in [-0.2, -0.15) is 0 Å². The molecule has 0 saturated carbocycles. The third-order valence-corrected chi connectivity index (χ3v) is 5.02. The van der Waals surface area contributed by atoms with Gasteiger partial charge in [0.25, 0.3) is 5.91 Å². The number of anilines is 1. The Kier molecular flexibility index (Phi) is 5.88. The molecule has 1 heterocycles. The molecule has 0 aliphatic carbocycles. The number of hydrogen-bond acceptors (Lipinski definition) is 5. The van der Waals surface area contributed by atoms with Gasteiger partial charge in [-0.1, -0.05) is 42.5 Å². The molecule has 0 radical (unpaired) electrons. The zero-order valence-corrected chi connectivity index (χ0v) is 15.8. The summed E-state index contributed by atoms with van der Waals surface area (Å²) < 4.78 is 10.3. The number of esters is 1. The number of rotatable bonds is 6. The van der Waals surface area contributed by atoms with Gasteiger partial charge in [-0.05, 0) is 41.1 Å². The van der Waals surface area contributed by atoms with Crippen LogP contribution in [0.25, 0.3) is 11.1 Å². The smallest absolute Gasteiger partial charge is 0.350 e. The Bertz CT molecular complexity index is 933. The predicted octanol–water partition coefficient (Wildman–Crippen LogP) is 4.53. The van der Waals surface area contributed by atoms with E-state index in [-0.39, 0.29) is 12.5 Å². The lowest BCUT2D eigenvalue weighted by atomic mass is 10.1. The Labute approximate surface area is 161 Å². The summed E-state index contributed by atoms with van der Waals surface area (Å²) in [5, 5.41) is 4.52. The van der Waals surface area contributed by atoms with E-state index in [1.807, 2.05) is 61.5 Å². The first-order valence-corrected chi connectivity index (χ1v) is 9.21. The lowest BCUT2D eigenvalue weighted by Gasteiger charge is -2.09. The molecule has 0 spiro atoms. The molecule has 0 aliphatic heterocycles. The number of carbonyl (C=O) groups is 2. The van der Waals surface area contributed by atoms with Crippen LogP contribution < -0.4 is 10.1 Å². The maximum atomic E-state index is 12.2. The number of methoxy groups -OCH3 is 1. The summed E-state index contributed by atoms with van der Waals surface area (Å²) in [6.07, 6.45) is 0. The topological polar surface area (TPSA) is 64.6 Å². The van der Waals surface area contributed by atoms with Crippen LogP contribution in [-0.4, -0.2) is 25.6 Å². The molecular formula is C21H19NO4S. The number of aryl methyl sites for hydroxylation is 1. The maximum Gasteiger partial charge on any atom is 0.350 e. The van der Waals surface area contributed by atoms with Gasteiger partial charge < -0.3 is 14.8 Å². The van der Waals surface area contributed by atoms with Crippen molar-refractivity contribution in [3.63, 3.8) is 0 Å². The number of amides is 1. The van der Waals surface area contributed by atoms with Gasteiger partial charge in [0, 0.05) is 0 Å². The minimum atomic E-state index is -0.471. The molecule has 0 aliphatic rings. The quantitative estimate of drug-likeness (QED) is 0.637. The van der Waals surface area contributed by atoms with E-state index in [4.69, 9.17) is 9.47 Å². The molecule has 27 heavy (non-hydrogen) atoms. The van der Waals surface area contributed by atoms with Gasteiger partial charge in [0.05, 0.1) is 12.8 Å². The monoisotopic (exact) mass is 381 g/mol. The van der Waals surface area contributed by atoms with E-state index in [0.29, 0.717) is 16.3 Å². The van der Waals surface area contributed by atoms with E-state index in [2.05, 4.69) is 5.32 Å². The van der Waals surface area contributed by atoms with E-state index in [1.54, 1.807) is 5.38 Å². The van der Waals surface area contributed by atoms with Crippen LogP contribution in [0.4, 0.5) is 5.69 Å². The van der Waals surface area contributed by atoms with Gasteiger partial charge in [0.15, 0.2) is 6.61 Å².